The zero-order chi connectivity index (χ0) is 21.5. The van der Waals surface area contributed by atoms with E-state index in [0.717, 1.165) is 77.8 Å². The number of rotatable bonds is 6. The van der Waals surface area contributed by atoms with Gasteiger partial charge in [0, 0.05) is 58.0 Å². The minimum absolute atomic E-state index is 0. The van der Waals surface area contributed by atoms with Crippen LogP contribution in [0.25, 0.3) is 0 Å². The van der Waals surface area contributed by atoms with Crippen LogP contribution >= 0.6 is 24.0 Å². The maximum atomic E-state index is 5.72. The Kier molecular flexibility index (Phi) is 10.1. The lowest BCUT2D eigenvalue weighted by atomic mass is 9.88. The highest BCUT2D eigenvalue weighted by atomic mass is 127. The molecule has 3 saturated heterocycles. The first-order valence-corrected chi connectivity index (χ1v) is 12.3. The fraction of sp³-hybridized carbons (Fsp3) is 0.720. The Morgan fingerprint density at radius 1 is 1.06 bits per heavy atom. The molecule has 4 rings (SSSR count). The van der Waals surface area contributed by atoms with Crippen LogP contribution in [0, 0.1) is 6.92 Å². The van der Waals surface area contributed by atoms with E-state index in [1.54, 1.807) is 0 Å². The summed E-state index contributed by atoms with van der Waals surface area (Å²) >= 11 is 0. The summed E-state index contributed by atoms with van der Waals surface area (Å²) < 4.78 is 5.72. The summed E-state index contributed by atoms with van der Waals surface area (Å²) in [6, 6.07) is 8.90. The molecule has 0 atom stereocenters. The summed E-state index contributed by atoms with van der Waals surface area (Å²) in [6.07, 6.45) is 4.88. The molecule has 1 N–H and O–H groups in total. The molecule has 1 aromatic rings. The number of nitrogens with one attached hydrogen (secondary N) is 1. The fourth-order valence-electron chi connectivity index (χ4n) is 5.35. The second-order valence-corrected chi connectivity index (χ2v) is 9.45. The van der Waals surface area contributed by atoms with Crippen molar-refractivity contribution >= 4 is 29.9 Å². The first kappa shape index (κ1) is 25.7. The van der Waals surface area contributed by atoms with Crippen molar-refractivity contribution in [1.29, 1.82) is 0 Å². The van der Waals surface area contributed by atoms with Crippen molar-refractivity contribution in [2.75, 3.05) is 65.6 Å². The number of aryl methyl sites for hydroxylation is 1. The average Bonchev–Trinajstić information content (AvgIpc) is 3.34. The minimum Gasteiger partial charge on any atom is -0.381 e. The van der Waals surface area contributed by atoms with E-state index in [-0.39, 0.29) is 29.5 Å². The van der Waals surface area contributed by atoms with Crippen molar-refractivity contribution in [2.24, 2.45) is 4.99 Å². The molecular formula is C25H42IN5O. The molecule has 3 heterocycles. The molecule has 6 nitrogen and oxygen atoms in total. The molecular weight excluding hydrogens is 513 g/mol. The lowest BCUT2D eigenvalue weighted by Crippen LogP contribution is -2.55. The first-order chi connectivity index (χ1) is 15.2. The van der Waals surface area contributed by atoms with Gasteiger partial charge in [-0.25, -0.2) is 0 Å². The van der Waals surface area contributed by atoms with Crippen molar-refractivity contribution in [3.63, 3.8) is 0 Å². The first-order valence-electron chi connectivity index (χ1n) is 12.3. The van der Waals surface area contributed by atoms with Gasteiger partial charge in [0.05, 0.1) is 6.54 Å². The molecule has 0 unspecified atom stereocenters. The molecule has 7 heteroatoms. The standard InChI is InChI=1S/C25H41N5O.HI/c1-3-26-24(27-21-25(9-17-31-18-10-25)30-11-4-5-12-30)29-15-13-28(14-16-29)20-23-8-6-7-22(2)19-23;/h6-8,19H,3-5,9-18,20-21H2,1-2H3,(H,26,27);1H. The molecule has 0 radical (unpaired) electrons. The summed E-state index contributed by atoms with van der Waals surface area (Å²) in [5, 5.41) is 3.58. The van der Waals surface area contributed by atoms with Crippen molar-refractivity contribution in [3.05, 3.63) is 35.4 Å². The quantitative estimate of drug-likeness (QED) is 0.332. The largest absolute Gasteiger partial charge is 0.381 e. The Hall–Kier alpha value is -0.900. The van der Waals surface area contributed by atoms with Crippen molar-refractivity contribution in [2.45, 2.75) is 51.6 Å². The monoisotopic (exact) mass is 555 g/mol. The van der Waals surface area contributed by atoms with Crippen LogP contribution in [0.4, 0.5) is 0 Å². The van der Waals surface area contributed by atoms with E-state index >= 15 is 0 Å². The average molecular weight is 556 g/mol. The van der Waals surface area contributed by atoms with Crippen LogP contribution in [0.5, 0.6) is 0 Å². The molecule has 0 bridgehead atoms. The Morgan fingerprint density at radius 2 is 1.78 bits per heavy atom. The third-order valence-electron chi connectivity index (χ3n) is 7.22. The summed E-state index contributed by atoms with van der Waals surface area (Å²) in [4.78, 5) is 13.0. The topological polar surface area (TPSA) is 43.3 Å². The van der Waals surface area contributed by atoms with Gasteiger partial charge in [0.1, 0.15) is 0 Å². The van der Waals surface area contributed by atoms with Crippen LogP contribution in [0.1, 0.15) is 43.7 Å². The van der Waals surface area contributed by atoms with E-state index in [9.17, 15) is 0 Å². The molecule has 32 heavy (non-hydrogen) atoms. The summed E-state index contributed by atoms with van der Waals surface area (Å²) in [5.41, 5.74) is 2.96. The van der Waals surface area contributed by atoms with Crippen LogP contribution in [0.15, 0.2) is 29.3 Å². The molecule has 0 spiro atoms. The van der Waals surface area contributed by atoms with Gasteiger partial charge in [-0.2, -0.15) is 0 Å². The zero-order valence-corrected chi connectivity index (χ0v) is 22.4. The number of benzene rings is 1. The van der Waals surface area contributed by atoms with Crippen LogP contribution < -0.4 is 5.32 Å². The molecule has 3 aliphatic rings. The van der Waals surface area contributed by atoms with Gasteiger partial charge in [0.25, 0.3) is 0 Å². The molecule has 0 amide bonds. The van der Waals surface area contributed by atoms with Gasteiger partial charge in [0.15, 0.2) is 5.96 Å². The maximum Gasteiger partial charge on any atom is 0.194 e. The van der Waals surface area contributed by atoms with E-state index in [2.05, 4.69) is 58.1 Å². The zero-order valence-electron chi connectivity index (χ0n) is 20.0. The summed E-state index contributed by atoms with van der Waals surface area (Å²) in [7, 11) is 0. The summed E-state index contributed by atoms with van der Waals surface area (Å²) in [5.74, 6) is 1.10. The Morgan fingerprint density at radius 3 is 2.44 bits per heavy atom. The predicted molar refractivity (Wildman–Crippen MR) is 143 cm³/mol. The van der Waals surface area contributed by atoms with Crippen LogP contribution in [-0.2, 0) is 11.3 Å². The second kappa shape index (κ2) is 12.5. The number of halogens is 1. The normalized spacial score (nSPS) is 22.6. The highest BCUT2D eigenvalue weighted by Gasteiger charge is 2.39. The SMILES string of the molecule is CCNC(=NCC1(N2CCCC2)CCOCC1)N1CCN(Cc2cccc(C)c2)CC1.I. The summed E-state index contributed by atoms with van der Waals surface area (Å²) in [6.45, 7) is 15.7. The molecule has 0 saturated carbocycles. The number of nitrogens with zero attached hydrogens (tertiary/aromatic N) is 4. The van der Waals surface area contributed by atoms with Gasteiger partial charge < -0.3 is 15.0 Å². The Bertz CT molecular complexity index is 723. The lowest BCUT2D eigenvalue weighted by molar-refractivity contribution is -0.0140. The third-order valence-corrected chi connectivity index (χ3v) is 7.22. The number of likely N-dealkylation sites (tertiary alicyclic amines) is 1. The molecule has 3 fully saturated rings. The molecule has 0 aromatic heterocycles. The van der Waals surface area contributed by atoms with Crippen LogP contribution in [0.3, 0.4) is 0 Å². The van der Waals surface area contributed by atoms with Crippen molar-refractivity contribution in [1.82, 2.24) is 20.0 Å². The second-order valence-electron chi connectivity index (χ2n) is 9.45. The van der Waals surface area contributed by atoms with Gasteiger partial charge in [-0.1, -0.05) is 29.8 Å². The number of piperazine rings is 1. The minimum atomic E-state index is 0. The molecule has 180 valence electrons. The number of guanidine groups is 1. The predicted octanol–water partition coefficient (Wildman–Crippen LogP) is 3.34. The van der Waals surface area contributed by atoms with Gasteiger partial charge in [-0.05, 0) is 58.2 Å². The molecule has 0 aliphatic carbocycles. The van der Waals surface area contributed by atoms with Crippen LogP contribution in [0.2, 0.25) is 0 Å². The van der Waals surface area contributed by atoms with E-state index in [1.807, 2.05) is 0 Å². The Balaban J connectivity index is 0.00000289. The number of ether oxygens (including phenoxy) is 1. The number of hydrogen-bond acceptors (Lipinski definition) is 4. The molecule has 1 aromatic carbocycles. The third kappa shape index (κ3) is 6.58. The van der Waals surface area contributed by atoms with Crippen molar-refractivity contribution < 1.29 is 4.74 Å². The van der Waals surface area contributed by atoms with E-state index in [1.165, 1.54) is 37.1 Å². The van der Waals surface area contributed by atoms with Gasteiger partial charge in [-0.3, -0.25) is 14.8 Å². The lowest BCUT2D eigenvalue weighted by Gasteiger charge is -2.44. The smallest absolute Gasteiger partial charge is 0.194 e. The maximum absolute atomic E-state index is 5.72. The van der Waals surface area contributed by atoms with Crippen LogP contribution in [-0.4, -0.2) is 91.8 Å². The van der Waals surface area contributed by atoms with E-state index < -0.39 is 0 Å². The van der Waals surface area contributed by atoms with Gasteiger partial charge in [-0.15, -0.1) is 24.0 Å². The highest BCUT2D eigenvalue weighted by Crippen LogP contribution is 2.31. The van der Waals surface area contributed by atoms with E-state index in [0.29, 0.717) is 0 Å². The van der Waals surface area contributed by atoms with E-state index in [4.69, 9.17) is 9.73 Å². The number of hydrogen-bond donors (Lipinski definition) is 1. The molecule has 3 aliphatic heterocycles. The Labute approximate surface area is 211 Å². The van der Waals surface area contributed by atoms with Gasteiger partial charge in [0.2, 0.25) is 0 Å². The van der Waals surface area contributed by atoms with Crippen molar-refractivity contribution in [3.8, 4) is 0 Å². The fourth-order valence-corrected chi connectivity index (χ4v) is 5.35. The number of aliphatic imine (C=N–C) groups is 1. The van der Waals surface area contributed by atoms with Gasteiger partial charge >= 0.3 is 0 Å². The highest BCUT2D eigenvalue weighted by molar-refractivity contribution is 14.0.